The second kappa shape index (κ2) is 8.75. The number of rotatable bonds is 9. The maximum atomic E-state index is 11.9. The van der Waals surface area contributed by atoms with Crippen molar-refractivity contribution in [2.45, 2.75) is 58.6 Å². The zero-order chi connectivity index (χ0) is 14.1. The molecule has 0 aliphatic rings. The molecule has 1 N–H and O–H groups in total. The Bertz CT molecular complexity index is 373. The molecule has 108 valence electrons. The van der Waals surface area contributed by atoms with E-state index in [2.05, 4.69) is 12.2 Å². The van der Waals surface area contributed by atoms with Gasteiger partial charge in [-0.3, -0.25) is 4.79 Å². The summed E-state index contributed by atoms with van der Waals surface area (Å²) in [6, 6.07) is 3.64. The van der Waals surface area contributed by atoms with E-state index in [1.165, 1.54) is 19.3 Å². The van der Waals surface area contributed by atoms with Gasteiger partial charge in [0.1, 0.15) is 12.4 Å². The number of carbonyl (C=O) groups excluding carboxylic acids is 1. The number of amides is 1. The third kappa shape index (κ3) is 5.92. The van der Waals surface area contributed by atoms with Crippen molar-refractivity contribution in [1.29, 1.82) is 0 Å². The molecule has 0 saturated carbocycles. The fourth-order valence-corrected chi connectivity index (χ4v) is 1.96. The largest absolute Gasteiger partial charge is 0.453 e. The quantitative estimate of drug-likeness (QED) is 0.696. The van der Waals surface area contributed by atoms with Gasteiger partial charge in [-0.2, -0.15) is 0 Å². The summed E-state index contributed by atoms with van der Waals surface area (Å²) in [5.74, 6) is 0.876. The molecule has 0 fully saturated rings. The maximum absolute atomic E-state index is 11.9. The molecule has 4 nitrogen and oxygen atoms in total. The molecule has 0 spiro atoms. The van der Waals surface area contributed by atoms with Crippen LogP contribution < -0.4 is 5.32 Å². The highest BCUT2D eigenvalue weighted by Gasteiger charge is 2.13. The number of carbonyl (C=O) groups is 1. The van der Waals surface area contributed by atoms with Crippen molar-refractivity contribution in [3.63, 3.8) is 0 Å². The zero-order valence-corrected chi connectivity index (χ0v) is 12.2. The molecule has 1 atom stereocenters. The van der Waals surface area contributed by atoms with Crippen molar-refractivity contribution in [3.8, 4) is 0 Å². The fourth-order valence-electron chi connectivity index (χ4n) is 1.96. The Morgan fingerprint density at radius 2 is 2.16 bits per heavy atom. The topological polar surface area (TPSA) is 51.5 Å². The summed E-state index contributed by atoms with van der Waals surface area (Å²) in [5, 5.41) is 2.96. The van der Waals surface area contributed by atoms with Gasteiger partial charge in [0.2, 0.25) is 0 Å². The van der Waals surface area contributed by atoms with Crippen LogP contribution in [0.1, 0.15) is 62.3 Å². The molecule has 1 amide bonds. The van der Waals surface area contributed by atoms with Gasteiger partial charge < -0.3 is 14.5 Å². The summed E-state index contributed by atoms with van der Waals surface area (Å²) in [7, 11) is 1.60. The monoisotopic (exact) mass is 267 g/mol. The van der Waals surface area contributed by atoms with Gasteiger partial charge in [0, 0.05) is 13.2 Å². The molecule has 1 aromatic rings. The lowest BCUT2D eigenvalue weighted by atomic mass is 10.1. The van der Waals surface area contributed by atoms with E-state index >= 15 is 0 Å². The highest BCUT2D eigenvalue weighted by Crippen LogP contribution is 2.10. The van der Waals surface area contributed by atoms with Gasteiger partial charge in [-0.15, -0.1) is 0 Å². The molecule has 0 bridgehead atoms. The number of ether oxygens (including phenoxy) is 1. The maximum Gasteiger partial charge on any atom is 0.287 e. The van der Waals surface area contributed by atoms with E-state index in [1.54, 1.807) is 19.2 Å². The van der Waals surface area contributed by atoms with Crippen molar-refractivity contribution in [3.05, 3.63) is 23.7 Å². The number of unbranched alkanes of at least 4 members (excludes halogenated alkanes) is 3. The molecule has 4 heteroatoms. The number of nitrogens with one attached hydrogen (secondary N) is 1. The van der Waals surface area contributed by atoms with Gasteiger partial charge in [0.25, 0.3) is 5.91 Å². The SMILES string of the molecule is CCCCCCC(C)NC(=O)c1ccc(COC)o1. The number of furan rings is 1. The first-order valence-electron chi connectivity index (χ1n) is 7.05. The van der Waals surface area contributed by atoms with E-state index in [9.17, 15) is 4.79 Å². The second-order valence-electron chi connectivity index (χ2n) is 4.92. The first kappa shape index (κ1) is 15.8. The van der Waals surface area contributed by atoms with Crippen molar-refractivity contribution >= 4 is 5.91 Å². The van der Waals surface area contributed by atoms with Crippen LogP contribution in [-0.2, 0) is 11.3 Å². The zero-order valence-electron chi connectivity index (χ0n) is 12.2. The van der Waals surface area contributed by atoms with E-state index in [4.69, 9.17) is 9.15 Å². The molecule has 1 aromatic heterocycles. The average Bonchev–Trinajstić information content (AvgIpc) is 2.84. The minimum Gasteiger partial charge on any atom is -0.453 e. The summed E-state index contributed by atoms with van der Waals surface area (Å²) in [4.78, 5) is 11.9. The van der Waals surface area contributed by atoms with Gasteiger partial charge in [-0.25, -0.2) is 0 Å². The molecule has 0 aliphatic carbocycles. The second-order valence-corrected chi connectivity index (χ2v) is 4.92. The highest BCUT2D eigenvalue weighted by molar-refractivity contribution is 5.91. The summed E-state index contributed by atoms with van der Waals surface area (Å²) in [6.45, 7) is 4.61. The Morgan fingerprint density at radius 1 is 1.37 bits per heavy atom. The number of hydrogen-bond donors (Lipinski definition) is 1. The van der Waals surface area contributed by atoms with Crippen molar-refractivity contribution in [1.82, 2.24) is 5.32 Å². The van der Waals surface area contributed by atoms with Crippen molar-refractivity contribution in [2.24, 2.45) is 0 Å². The van der Waals surface area contributed by atoms with Crippen LogP contribution in [-0.4, -0.2) is 19.1 Å². The van der Waals surface area contributed by atoms with E-state index in [0.29, 0.717) is 18.1 Å². The molecular formula is C15H25NO3. The van der Waals surface area contributed by atoms with Crippen LogP contribution in [0.3, 0.4) is 0 Å². The lowest BCUT2D eigenvalue weighted by molar-refractivity contribution is 0.0901. The van der Waals surface area contributed by atoms with Gasteiger partial charge in [0.15, 0.2) is 5.76 Å². The van der Waals surface area contributed by atoms with Crippen LogP contribution in [0.15, 0.2) is 16.5 Å². The van der Waals surface area contributed by atoms with Crippen molar-refractivity contribution in [2.75, 3.05) is 7.11 Å². The predicted molar refractivity (Wildman–Crippen MR) is 75.1 cm³/mol. The summed E-state index contributed by atoms with van der Waals surface area (Å²) >= 11 is 0. The molecule has 0 radical (unpaired) electrons. The van der Waals surface area contributed by atoms with Gasteiger partial charge in [-0.1, -0.05) is 32.6 Å². The van der Waals surface area contributed by atoms with Gasteiger partial charge >= 0.3 is 0 Å². The third-order valence-electron chi connectivity index (χ3n) is 3.04. The van der Waals surface area contributed by atoms with E-state index in [0.717, 1.165) is 12.8 Å². The van der Waals surface area contributed by atoms with Crippen LogP contribution in [0.25, 0.3) is 0 Å². The van der Waals surface area contributed by atoms with Crippen LogP contribution >= 0.6 is 0 Å². The molecule has 1 rings (SSSR count). The Hall–Kier alpha value is -1.29. The summed E-state index contributed by atoms with van der Waals surface area (Å²) < 4.78 is 10.3. The Morgan fingerprint density at radius 3 is 2.84 bits per heavy atom. The molecule has 1 unspecified atom stereocenters. The fraction of sp³-hybridized carbons (Fsp3) is 0.667. The minimum absolute atomic E-state index is 0.148. The van der Waals surface area contributed by atoms with Crippen LogP contribution in [0.2, 0.25) is 0 Å². The molecular weight excluding hydrogens is 242 g/mol. The molecule has 0 saturated heterocycles. The summed E-state index contributed by atoms with van der Waals surface area (Å²) in [6.07, 6.45) is 5.89. The van der Waals surface area contributed by atoms with Crippen LogP contribution in [0.4, 0.5) is 0 Å². The van der Waals surface area contributed by atoms with Crippen molar-refractivity contribution < 1.29 is 13.9 Å². The Balaban J connectivity index is 2.32. The third-order valence-corrected chi connectivity index (χ3v) is 3.04. The first-order valence-corrected chi connectivity index (χ1v) is 7.05. The molecule has 0 aromatic carbocycles. The lowest BCUT2D eigenvalue weighted by Gasteiger charge is -2.12. The van der Waals surface area contributed by atoms with E-state index in [-0.39, 0.29) is 11.9 Å². The lowest BCUT2D eigenvalue weighted by Crippen LogP contribution is -2.32. The number of methoxy groups -OCH3 is 1. The average molecular weight is 267 g/mol. The summed E-state index contributed by atoms with van der Waals surface area (Å²) in [5.41, 5.74) is 0. The van der Waals surface area contributed by atoms with Gasteiger partial charge in [-0.05, 0) is 25.5 Å². The Kier molecular flexibility index (Phi) is 7.26. The molecule has 1 heterocycles. The normalized spacial score (nSPS) is 12.4. The first-order chi connectivity index (χ1) is 9.17. The van der Waals surface area contributed by atoms with Crippen LogP contribution in [0.5, 0.6) is 0 Å². The smallest absolute Gasteiger partial charge is 0.287 e. The standard InChI is InChI=1S/C15H25NO3/c1-4-5-6-7-8-12(2)16-15(17)14-10-9-13(19-14)11-18-3/h9-10,12H,4-8,11H2,1-3H3,(H,16,17). The minimum atomic E-state index is -0.148. The number of hydrogen-bond acceptors (Lipinski definition) is 3. The van der Waals surface area contributed by atoms with E-state index in [1.807, 2.05) is 6.92 Å². The van der Waals surface area contributed by atoms with E-state index < -0.39 is 0 Å². The molecule has 19 heavy (non-hydrogen) atoms. The Labute approximate surface area is 115 Å². The molecule has 0 aliphatic heterocycles. The van der Waals surface area contributed by atoms with Gasteiger partial charge in [0.05, 0.1) is 0 Å². The predicted octanol–water partition coefficient (Wildman–Crippen LogP) is 3.51. The van der Waals surface area contributed by atoms with Crippen LogP contribution in [0, 0.1) is 0 Å². The highest BCUT2D eigenvalue weighted by atomic mass is 16.5.